The second-order valence-electron chi connectivity index (χ2n) is 6.00. The standard InChI is InChI=1S/C16H18N4O4/c1-8(14(17)22)18-11-4-2-3-9-10(11)7-20(16(9)24)12-5-6-13(21)19-15(12)23/h2-4,8,12,18H,5-7H2,1H3,(H2,17,22)(H,19,21,23). The molecule has 0 spiro atoms. The molecule has 24 heavy (non-hydrogen) atoms. The van der Waals surface area contributed by atoms with Crippen LogP contribution in [0.15, 0.2) is 18.2 Å². The molecule has 0 aromatic heterocycles. The van der Waals surface area contributed by atoms with Gasteiger partial charge in [0, 0.05) is 29.8 Å². The second kappa shape index (κ2) is 5.95. The minimum absolute atomic E-state index is 0.209. The molecule has 1 aromatic carbocycles. The van der Waals surface area contributed by atoms with Gasteiger partial charge in [-0.1, -0.05) is 6.07 Å². The molecule has 2 aliphatic rings. The van der Waals surface area contributed by atoms with Crippen molar-refractivity contribution < 1.29 is 19.2 Å². The zero-order valence-electron chi connectivity index (χ0n) is 13.2. The van der Waals surface area contributed by atoms with Crippen LogP contribution in [-0.4, -0.2) is 40.6 Å². The number of hydrogen-bond acceptors (Lipinski definition) is 5. The molecule has 0 bridgehead atoms. The summed E-state index contributed by atoms with van der Waals surface area (Å²) in [6.45, 7) is 1.88. The summed E-state index contributed by atoms with van der Waals surface area (Å²) < 4.78 is 0. The van der Waals surface area contributed by atoms with E-state index in [0.717, 1.165) is 5.56 Å². The average molecular weight is 330 g/mol. The van der Waals surface area contributed by atoms with Crippen molar-refractivity contribution in [1.82, 2.24) is 10.2 Å². The molecule has 3 rings (SSSR count). The van der Waals surface area contributed by atoms with Crippen LogP contribution in [0.4, 0.5) is 5.69 Å². The highest BCUT2D eigenvalue weighted by molar-refractivity contribution is 6.06. The highest BCUT2D eigenvalue weighted by atomic mass is 16.2. The Kier molecular flexibility index (Phi) is 3.96. The number of nitrogens with two attached hydrogens (primary N) is 1. The van der Waals surface area contributed by atoms with Gasteiger partial charge in [-0.3, -0.25) is 24.5 Å². The maximum atomic E-state index is 12.6. The third kappa shape index (κ3) is 2.70. The number of benzene rings is 1. The lowest BCUT2D eigenvalue weighted by atomic mass is 10.0. The summed E-state index contributed by atoms with van der Waals surface area (Å²) in [6.07, 6.45) is 0.519. The first-order valence-electron chi connectivity index (χ1n) is 7.71. The van der Waals surface area contributed by atoms with Gasteiger partial charge in [0.05, 0.1) is 0 Å². The molecular formula is C16H18N4O4. The molecule has 2 atom stereocenters. The predicted octanol–water partition coefficient (Wildman–Crippen LogP) is -0.267. The number of piperidine rings is 1. The summed E-state index contributed by atoms with van der Waals surface area (Å²) in [5.41, 5.74) is 7.12. The first-order chi connectivity index (χ1) is 11.4. The molecule has 1 aromatic rings. The van der Waals surface area contributed by atoms with E-state index in [9.17, 15) is 19.2 Å². The SMILES string of the molecule is CC(Nc1cccc2c1CN(C1CCC(=O)NC1=O)C2=O)C(N)=O. The molecular weight excluding hydrogens is 312 g/mol. The van der Waals surface area contributed by atoms with Crippen molar-refractivity contribution in [2.75, 3.05) is 5.32 Å². The van der Waals surface area contributed by atoms with E-state index in [0.29, 0.717) is 17.7 Å². The molecule has 0 radical (unpaired) electrons. The van der Waals surface area contributed by atoms with Crippen LogP contribution in [0.2, 0.25) is 0 Å². The van der Waals surface area contributed by atoms with Gasteiger partial charge in [0.1, 0.15) is 12.1 Å². The van der Waals surface area contributed by atoms with E-state index >= 15 is 0 Å². The van der Waals surface area contributed by atoms with Gasteiger partial charge in [0.15, 0.2) is 0 Å². The number of nitrogens with one attached hydrogen (secondary N) is 2. The van der Waals surface area contributed by atoms with Gasteiger partial charge in [-0.25, -0.2) is 0 Å². The Hall–Kier alpha value is -2.90. The number of imide groups is 1. The molecule has 4 N–H and O–H groups in total. The van der Waals surface area contributed by atoms with E-state index in [1.54, 1.807) is 25.1 Å². The monoisotopic (exact) mass is 330 g/mol. The number of carbonyl (C=O) groups is 4. The van der Waals surface area contributed by atoms with Gasteiger partial charge in [0.25, 0.3) is 5.91 Å². The number of fused-ring (bicyclic) bond motifs is 1. The lowest BCUT2D eigenvalue weighted by Gasteiger charge is -2.29. The van der Waals surface area contributed by atoms with Crippen molar-refractivity contribution in [2.45, 2.75) is 38.4 Å². The number of carbonyl (C=O) groups excluding carboxylic acids is 4. The van der Waals surface area contributed by atoms with Crippen molar-refractivity contribution in [3.63, 3.8) is 0 Å². The fourth-order valence-corrected chi connectivity index (χ4v) is 3.03. The fourth-order valence-electron chi connectivity index (χ4n) is 3.03. The van der Waals surface area contributed by atoms with Crippen LogP contribution in [-0.2, 0) is 20.9 Å². The molecule has 126 valence electrons. The molecule has 2 unspecified atom stereocenters. The van der Waals surface area contributed by atoms with Crippen LogP contribution in [0.1, 0.15) is 35.7 Å². The Morgan fingerprint density at radius 3 is 2.79 bits per heavy atom. The highest BCUT2D eigenvalue weighted by Crippen LogP contribution is 2.32. The van der Waals surface area contributed by atoms with Crippen molar-refractivity contribution >= 4 is 29.3 Å². The average Bonchev–Trinajstić information content (AvgIpc) is 2.85. The van der Waals surface area contributed by atoms with Gasteiger partial charge in [-0.05, 0) is 25.5 Å². The number of amides is 4. The number of anilines is 1. The molecule has 2 aliphatic heterocycles. The summed E-state index contributed by atoms with van der Waals surface area (Å²) in [5, 5.41) is 5.26. The summed E-state index contributed by atoms with van der Waals surface area (Å²) in [7, 11) is 0. The Morgan fingerprint density at radius 2 is 2.12 bits per heavy atom. The maximum Gasteiger partial charge on any atom is 0.255 e. The lowest BCUT2D eigenvalue weighted by Crippen LogP contribution is -2.52. The van der Waals surface area contributed by atoms with Gasteiger partial charge in [-0.2, -0.15) is 0 Å². The van der Waals surface area contributed by atoms with Gasteiger partial charge in [-0.15, -0.1) is 0 Å². The summed E-state index contributed by atoms with van der Waals surface area (Å²) in [6, 6.07) is 3.91. The highest BCUT2D eigenvalue weighted by Gasteiger charge is 2.39. The van der Waals surface area contributed by atoms with Crippen LogP contribution >= 0.6 is 0 Å². The predicted molar refractivity (Wildman–Crippen MR) is 84.8 cm³/mol. The van der Waals surface area contributed by atoms with E-state index in [1.165, 1.54) is 4.90 Å². The van der Waals surface area contributed by atoms with Crippen LogP contribution < -0.4 is 16.4 Å². The van der Waals surface area contributed by atoms with Crippen LogP contribution in [0.3, 0.4) is 0 Å². The molecule has 8 nitrogen and oxygen atoms in total. The Balaban J connectivity index is 1.86. The van der Waals surface area contributed by atoms with Crippen molar-refractivity contribution in [3.05, 3.63) is 29.3 Å². The van der Waals surface area contributed by atoms with Crippen LogP contribution in [0.5, 0.6) is 0 Å². The van der Waals surface area contributed by atoms with E-state index in [-0.39, 0.29) is 24.8 Å². The van der Waals surface area contributed by atoms with E-state index in [4.69, 9.17) is 5.73 Å². The van der Waals surface area contributed by atoms with Crippen LogP contribution in [0, 0.1) is 0 Å². The molecule has 1 fully saturated rings. The maximum absolute atomic E-state index is 12.6. The van der Waals surface area contributed by atoms with Crippen molar-refractivity contribution in [1.29, 1.82) is 0 Å². The lowest BCUT2D eigenvalue weighted by molar-refractivity contribution is -0.137. The quantitative estimate of drug-likeness (QED) is 0.656. The normalized spacial score (nSPS) is 21.3. The van der Waals surface area contributed by atoms with Gasteiger partial charge < -0.3 is 16.0 Å². The van der Waals surface area contributed by atoms with E-state index in [2.05, 4.69) is 10.6 Å². The third-order valence-corrected chi connectivity index (χ3v) is 4.38. The molecule has 8 heteroatoms. The molecule has 4 amide bonds. The minimum atomic E-state index is -0.663. The van der Waals surface area contributed by atoms with Gasteiger partial charge in [0.2, 0.25) is 17.7 Å². The Morgan fingerprint density at radius 1 is 1.38 bits per heavy atom. The second-order valence-corrected chi connectivity index (χ2v) is 6.00. The fraction of sp³-hybridized carbons (Fsp3) is 0.375. The van der Waals surface area contributed by atoms with Crippen LogP contribution in [0.25, 0.3) is 0 Å². The third-order valence-electron chi connectivity index (χ3n) is 4.38. The summed E-state index contributed by atoms with van der Waals surface area (Å²) in [5.74, 6) is -1.53. The summed E-state index contributed by atoms with van der Waals surface area (Å²) in [4.78, 5) is 48.7. The summed E-state index contributed by atoms with van der Waals surface area (Å²) >= 11 is 0. The molecule has 0 aliphatic carbocycles. The molecule has 2 heterocycles. The largest absolute Gasteiger partial charge is 0.374 e. The Bertz CT molecular complexity index is 746. The first-order valence-corrected chi connectivity index (χ1v) is 7.71. The zero-order valence-corrected chi connectivity index (χ0v) is 13.2. The molecule has 1 saturated heterocycles. The molecule has 0 saturated carbocycles. The number of hydrogen-bond donors (Lipinski definition) is 3. The smallest absolute Gasteiger partial charge is 0.255 e. The topological polar surface area (TPSA) is 122 Å². The minimum Gasteiger partial charge on any atom is -0.374 e. The van der Waals surface area contributed by atoms with Gasteiger partial charge >= 0.3 is 0 Å². The van der Waals surface area contributed by atoms with Crippen molar-refractivity contribution in [3.8, 4) is 0 Å². The number of rotatable bonds is 4. The zero-order chi connectivity index (χ0) is 17.4. The van der Waals surface area contributed by atoms with Crippen molar-refractivity contribution in [2.24, 2.45) is 5.73 Å². The first kappa shape index (κ1) is 16.0. The van der Waals surface area contributed by atoms with E-state index in [1.807, 2.05) is 0 Å². The number of nitrogens with zero attached hydrogens (tertiary/aromatic N) is 1. The Labute approximate surface area is 138 Å². The number of primary amides is 1. The van der Waals surface area contributed by atoms with E-state index < -0.39 is 23.9 Å².